The highest BCUT2D eigenvalue weighted by atomic mass is 16.2. The van der Waals surface area contributed by atoms with Crippen LogP contribution in [-0.2, 0) is 23.1 Å². The number of anilines is 2. The van der Waals surface area contributed by atoms with E-state index in [4.69, 9.17) is 5.73 Å². The van der Waals surface area contributed by atoms with Gasteiger partial charge in [-0.3, -0.25) is 14.3 Å². The SMILES string of the molecule is Cn1cc(N2CCN(C(=O)Cc3ccc(N)cc3)CC2=O)cn1. The molecule has 1 aliphatic rings. The quantitative estimate of drug-likeness (QED) is 0.832. The molecule has 1 aromatic carbocycles. The first-order chi connectivity index (χ1) is 11.0. The molecule has 1 saturated heterocycles. The lowest BCUT2D eigenvalue weighted by molar-refractivity contribution is -0.136. The molecule has 120 valence electrons. The summed E-state index contributed by atoms with van der Waals surface area (Å²) in [4.78, 5) is 27.9. The highest BCUT2D eigenvalue weighted by molar-refractivity contribution is 5.97. The van der Waals surface area contributed by atoms with Crippen molar-refractivity contribution in [2.75, 3.05) is 30.3 Å². The monoisotopic (exact) mass is 313 g/mol. The summed E-state index contributed by atoms with van der Waals surface area (Å²) < 4.78 is 1.65. The van der Waals surface area contributed by atoms with Crippen LogP contribution in [0.15, 0.2) is 36.7 Å². The Labute approximate surface area is 134 Å². The summed E-state index contributed by atoms with van der Waals surface area (Å²) in [7, 11) is 1.81. The van der Waals surface area contributed by atoms with Crippen LogP contribution >= 0.6 is 0 Å². The number of carbonyl (C=O) groups excluding carboxylic acids is 2. The predicted molar refractivity (Wildman–Crippen MR) is 86.7 cm³/mol. The molecule has 7 nitrogen and oxygen atoms in total. The van der Waals surface area contributed by atoms with Gasteiger partial charge in [-0.1, -0.05) is 12.1 Å². The molecule has 1 fully saturated rings. The number of aryl methyl sites for hydroxylation is 1. The normalized spacial score (nSPS) is 15.1. The Bertz CT molecular complexity index is 722. The number of aromatic nitrogens is 2. The van der Waals surface area contributed by atoms with Gasteiger partial charge in [-0.15, -0.1) is 0 Å². The molecule has 7 heteroatoms. The summed E-state index contributed by atoms with van der Waals surface area (Å²) in [6, 6.07) is 7.21. The zero-order valence-electron chi connectivity index (χ0n) is 13.0. The van der Waals surface area contributed by atoms with Gasteiger partial charge in [-0.05, 0) is 17.7 Å². The molecule has 0 atom stereocenters. The minimum absolute atomic E-state index is 0.0473. The number of hydrogen-bond acceptors (Lipinski definition) is 4. The number of carbonyl (C=O) groups is 2. The standard InChI is InChI=1S/C16H19N5O2/c1-19-10-14(9-18-19)21-7-6-20(11-16(21)23)15(22)8-12-2-4-13(17)5-3-12/h2-5,9-10H,6-8,11,17H2,1H3. The highest BCUT2D eigenvalue weighted by Gasteiger charge is 2.28. The average molecular weight is 313 g/mol. The summed E-state index contributed by atoms with van der Waals surface area (Å²) in [6.45, 7) is 1.11. The van der Waals surface area contributed by atoms with Crippen molar-refractivity contribution in [2.45, 2.75) is 6.42 Å². The molecule has 0 spiro atoms. The third kappa shape index (κ3) is 3.33. The molecule has 0 radical (unpaired) electrons. The predicted octanol–water partition coefficient (Wildman–Crippen LogP) is 0.420. The number of nitrogen functional groups attached to an aromatic ring is 1. The maximum Gasteiger partial charge on any atom is 0.246 e. The van der Waals surface area contributed by atoms with Gasteiger partial charge in [0.25, 0.3) is 0 Å². The van der Waals surface area contributed by atoms with Gasteiger partial charge in [0.05, 0.1) is 18.3 Å². The van der Waals surface area contributed by atoms with E-state index in [1.807, 2.05) is 12.1 Å². The van der Waals surface area contributed by atoms with Gasteiger partial charge in [-0.25, -0.2) is 0 Å². The Balaban J connectivity index is 1.61. The maximum absolute atomic E-state index is 12.4. The van der Waals surface area contributed by atoms with E-state index in [1.165, 1.54) is 0 Å². The highest BCUT2D eigenvalue weighted by Crippen LogP contribution is 2.17. The van der Waals surface area contributed by atoms with Crippen molar-refractivity contribution in [1.82, 2.24) is 14.7 Å². The Kier molecular flexibility index (Phi) is 4.01. The molecule has 0 bridgehead atoms. The smallest absolute Gasteiger partial charge is 0.246 e. The molecule has 0 aliphatic carbocycles. The lowest BCUT2D eigenvalue weighted by Crippen LogP contribution is -2.52. The van der Waals surface area contributed by atoms with E-state index in [2.05, 4.69) is 5.10 Å². The fraction of sp³-hybridized carbons (Fsp3) is 0.312. The molecular weight excluding hydrogens is 294 g/mol. The van der Waals surface area contributed by atoms with Crippen LogP contribution < -0.4 is 10.6 Å². The summed E-state index contributed by atoms with van der Waals surface area (Å²) >= 11 is 0. The van der Waals surface area contributed by atoms with Gasteiger partial charge in [0.2, 0.25) is 11.8 Å². The number of rotatable bonds is 3. The molecule has 23 heavy (non-hydrogen) atoms. The van der Waals surface area contributed by atoms with E-state index in [1.54, 1.807) is 46.1 Å². The van der Waals surface area contributed by atoms with Crippen molar-refractivity contribution >= 4 is 23.2 Å². The van der Waals surface area contributed by atoms with Gasteiger partial charge >= 0.3 is 0 Å². The fourth-order valence-corrected chi connectivity index (χ4v) is 2.63. The third-order valence-electron chi connectivity index (χ3n) is 3.91. The van der Waals surface area contributed by atoms with Crippen LogP contribution in [0.4, 0.5) is 11.4 Å². The number of benzene rings is 1. The number of nitrogens with zero attached hydrogens (tertiary/aromatic N) is 4. The van der Waals surface area contributed by atoms with Gasteiger partial charge in [0, 0.05) is 32.0 Å². The van der Waals surface area contributed by atoms with Crippen LogP contribution in [0.1, 0.15) is 5.56 Å². The van der Waals surface area contributed by atoms with Crippen molar-refractivity contribution < 1.29 is 9.59 Å². The summed E-state index contributed by atoms with van der Waals surface area (Å²) in [5.74, 6) is -0.135. The molecule has 0 saturated carbocycles. The van der Waals surface area contributed by atoms with Crippen molar-refractivity contribution in [3.8, 4) is 0 Å². The molecular formula is C16H19N5O2. The summed E-state index contributed by atoms with van der Waals surface area (Å²) in [5, 5.41) is 4.08. The first-order valence-corrected chi connectivity index (χ1v) is 7.44. The summed E-state index contributed by atoms with van der Waals surface area (Å²) in [6.07, 6.45) is 3.73. The van der Waals surface area contributed by atoms with E-state index in [-0.39, 0.29) is 24.8 Å². The third-order valence-corrected chi connectivity index (χ3v) is 3.91. The van der Waals surface area contributed by atoms with Gasteiger partial charge in [0.1, 0.15) is 6.54 Å². The van der Waals surface area contributed by atoms with E-state index >= 15 is 0 Å². The van der Waals surface area contributed by atoms with Gasteiger partial charge in [0.15, 0.2) is 0 Å². The Hall–Kier alpha value is -2.83. The van der Waals surface area contributed by atoms with Crippen molar-refractivity contribution in [3.63, 3.8) is 0 Å². The molecule has 1 aliphatic heterocycles. The molecule has 2 amide bonds. The second-order valence-corrected chi connectivity index (χ2v) is 5.65. The molecule has 2 heterocycles. The molecule has 2 aromatic rings. The largest absolute Gasteiger partial charge is 0.399 e. The van der Waals surface area contributed by atoms with Gasteiger partial charge < -0.3 is 15.5 Å². The van der Waals surface area contributed by atoms with E-state index in [9.17, 15) is 9.59 Å². The second kappa shape index (κ2) is 6.12. The van der Waals surface area contributed by atoms with Gasteiger partial charge in [-0.2, -0.15) is 5.10 Å². The van der Waals surface area contributed by atoms with Crippen LogP contribution in [-0.4, -0.2) is 46.1 Å². The maximum atomic E-state index is 12.4. The van der Waals surface area contributed by atoms with E-state index in [0.29, 0.717) is 18.8 Å². The van der Waals surface area contributed by atoms with Crippen LogP contribution in [0, 0.1) is 0 Å². The molecule has 3 rings (SSSR count). The zero-order valence-corrected chi connectivity index (χ0v) is 13.0. The second-order valence-electron chi connectivity index (χ2n) is 5.65. The molecule has 0 unspecified atom stereocenters. The first kappa shape index (κ1) is 15.1. The van der Waals surface area contributed by atoms with Crippen LogP contribution in [0.25, 0.3) is 0 Å². The molecule has 1 aromatic heterocycles. The average Bonchev–Trinajstić information content (AvgIpc) is 2.95. The van der Waals surface area contributed by atoms with E-state index in [0.717, 1.165) is 11.3 Å². The van der Waals surface area contributed by atoms with Crippen LogP contribution in [0.3, 0.4) is 0 Å². The Morgan fingerprint density at radius 2 is 2.00 bits per heavy atom. The number of hydrogen-bond donors (Lipinski definition) is 1. The lowest BCUT2D eigenvalue weighted by Gasteiger charge is -2.33. The minimum atomic E-state index is -0.0880. The Morgan fingerprint density at radius 3 is 2.61 bits per heavy atom. The van der Waals surface area contributed by atoms with Crippen molar-refractivity contribution in [2.24, 2.45) is 7.05 Å². The first-order valence-electron chi connectivity index (χ1n) is 7.44. The lowest BCUT2D eigenvalue weighted by atomic mass is 10.1. The van der Waals surface area contributed by atoms with E-state index < -0.39 is 0 Å². The number of amides is 2. The molecule has 2 N–H and O–H groups in total. The number of nitrogens with two attached hydrogens (primary N) is 1. The van der Waals surface area contributed by atoms with Crippen molar-refractivity contribution in [1.29, 1.82) is 0 Å². The minimum Gasteiger partial charge on any atom is -0.399 e. The van der Waals surface area contributed by atoms with Crippen molar-refractivity contribution in [3.05, 3.63) is 42.2 Å². The zero-order chi connectivity index (χ0) is 16.4. The fourth-order valence-electron chi connectivity index (χ4n) is 2.63. The summed E-state index contributed by atoms with van der Waals surface area (Å²) in [5.41, 5.74) is 7.97. The number of piperazine rings is 1. The Morgan fingerprint density at radius 1 is 1.26 bits per heavy atom. The van der Waals surface area contributed by atoms with Crippen LogP contribution in [0.5, 0.6) is 0 Å². The topological polar surface area (TPSA) is 84.5 Å². The van der Waals surface area contributed by atoms with Crippen LogP contribution in [0.2, 0.25) is 0 Å².